The SMILES string of the molecule is CCCCOC(=O)CC1C(=O)NCCN1C(=O)CNc1cccc(OCc2ccccc2)c1. The lowest BCUT2D eigenvalue weighted by molar-refractivity contribution is -0.151. The predicted molar refractivity (Wildman–Crippen MR) is 125 cm³/mol. The molecule has 1 saturated heterocycles. The van der Waals surface area contributed by atoms with E-state index >= 15 is 0 Å². The van der Waals surface area contributed by atoms with Crippen LogP contribution in [0.15, 0.2) is 54.6 Å². The Morgan fingerprint density at radius 3 is 2.76 bits per heavy atom. The molecular weight excluding hydrogens is 422 g/mol. The zero-order valence-corrected chi connectivity index (χ0v) is 18.9. The summed E-state index contributed by atoms with van der Waals surface area (Å²) in [6, 6.07) is 16.4. The average Bonchev–Trinajstić information content (AvgIpc) is 2.83. The van der Waals surface area contributed by atoms with Gasteiger partial charge in [-0.2, -0.15) is 0 Å². The van der Waals surface area contributed by atoms with Crippen LogP contribution in [0, 0.1) is 0 Å². The molecule has 0 radical (unpaired) electrons. The number of nitrogens with one attached hydrogen (secondary N) is 2. The molecule has 2 aromatic carbocycles. The van der Waals surface area contributed by atoms with Crippen LogP contribution in [-0.2, 0) is 25.7 Å². The summed E-state index contributed by atoms with van der Waals surface area (Å²) < 4.78 is 11.0. The van der Waals surface area contributed by atoms with E-state index in [4.69, 9.17) is 9.47 Å². The van der Waals surface area contributed by atoms with E-state index in [-0.39, 0.29) is 24.8 Å². The molecule has 1 fully saturated rings. The summed E-state index contributed by atoms with van der Waals surface area (Å²) in [7, 11) is 0. The van der Waals surface area contributed by atoms with Gasteiger partial charge in [-0.3, -0.25) is 14.4 Å². The van der Waals surface area contributed by atoms with Gasteiger partial charge in [0.05, 0.1) is 19.6 Å². The second-order valence-corrected chi connectivity index (χ2v) is 7.83. The predicted octanol–water partition coefficient (Wildman–Crippen LogP) is 2.74. The molecule has 1 aliphatic rings. The molecular formula is C25H31N3O5. The highest BCUT2D eigenvalue weighted by atomic mass is 16.5. The van der Waals surface area contributed by atoms with Crippen molar-refractivity contribution < 1.29 is 23.9 Å². The maximum Gasteiger partial charge on any atom is 0.308 e. The molecule has 0 aliphatic carbocycles. The number of anilines is 1. The maximum absolute atomic E-state index is 12.9. The zero-order valence-electron chi connectivity index (χ0n) is 18.9. The lowest BCUT2D eigenvalue weighted by Gasteiger charge is -2.34. The minimum atomic E-state index is -0.859. The van der Waals surface area contributed by atoms with Gasteiger partial charge in [-0.25, -0.2) is 0 Å². The molecule has 1 unspecified atom stereocenters. The van der Waals surface area contributed by atoms with E-state index in [1.165, 1.54) is 4.90 Å². The largest absolute Gasteiger partial charge is 0.489 e. The molecule has 2 amide bonds. The van der Waals surface area contributed by atoms with Crippen LogP contribution in [0.1, 0.15) is 31.7 Å². The standard InChI is InChI=1S/C25H31N3O5/c1-2-3-14-32-24(30)16-22-25(31)26-12-13-28(22)23(29)17-27-20-10-7-11-21(15-20)33-18-19-8-5-4-6-9-19/h4-11,15,22,27H,2-3,12-14,16-18H2,1H3,(H,26,31). The van der Waals surface area contributed by atoms with E-state index in [0.717, 1.165) is 24.1 Å². The molecule has 1 aliphatic heterocycles. The second kappa shape index (κ2) is 12.5. The summed E-state index contributed by atoms with van der Waals surface area (Å²) in [5.41, 5.74) is 1.79. The second-order valence-electron chi connectivity index (χ2n) is 7.83. The van der Waals surface area contributed by atoms with E-state index in [9.17, 15) is 14.4 Å². The fourth-order valence-electron chi connectivity index (χ4n) is 3.48. The van der Waals surface area contributed by atoms with Gasteiger partial charge in [-0.15, -0.1) is 0 Å². The van der Waals surface area contributed by atoms with Crippen molar-refractivity contribution in [2.45, 2.75) is 38.8 Å². The number of hydrogen-bond donors (Lipinski definition) is 2. The van der Waals surface area contributed by atoms with Crippen molar-refractivity contribution in [2.75, 3.05) is 31.6 Å². The minimum Gasteiger partial charge on any atom is -0.489 e. The van der Waals surface area contributed by atoms with Crippen molar-refractivity contribution in [3.05, 3.63) is 60.2 Å². The Morgan fingerprint density at radius 2 is 1.97 bits per heavy atom. The quantitative estimate of drug-likeness (QED) is 0.401. The van der Waals surface area contributed by atoms with Crippen LogP contribution >= 0.6 is 0 Å². The van der Waals surface area contributed by atoms with Crippen LogP contribution < -0.4 is 15.4 Å². The van der Waals surface area contributed by atoms with Crippen molar-refractivity contribution in [1.82, 2.24) is 10.2 Å². The molecule has 0 spiro atoms. The van der Waals surface area contributed by atoms with Crippen LogP contribution in [0.3, 0.4) is 0 Å². The van der Waals surface area contributed by atoms with Crippen LogP contribution in [0.2, 0.25) is 0 Å². The highest BCUT2D eigenvalue weighted by molar-refractivity contribution is 5.93. The van der Waals surface area contributed by atoms with E-state index < -0.39 is 12.0 Å². The summed E-state index contributed by atoms with van der Waals surface area (Å²) in [6.45, 7) is 3.47. The maximum atomic E-state index is 12.9. The number of esters is 1. The van der Waals surface area contributed by atoms with Crippen molar-refractivity contribution in [3.8, 4) is 5.75 Å². The number of piperazine rings is 1. The van der Waals surface area contributed by atoms with Gasteiger partial charge in [0.2, 0.25) is 11.8 Å². The Bertz CT molecular complexity index is 935. The number of nitrogens with zero attached hydrogens (tertiary/aromatic N) is 1. The first-order valence-corrected chi connectivity index (χ1v) is 11.3. The van der Waals surface area contributed by atoms with Gasteiger partial charge in [0.25, 0.3) is 0 Å². The normalized spacial score (nSPS) is 15.5. The monoisotopic (exact) mass is 453 g/mol. The van der Waals surface area contributed by atoms with E-state index in [0.29, 0.717) is 32.1 Å². The van der Waals surface area contributed by atoms with Crippen molar-refractivity contribution >= 4 is 23.5 Å². The molecule has 1 atom stereocenters. The summed E-state index contributed by atoms with van der Waals surface area (Å²) in [4.78, 5) is 38.8. The van der Waals surface area contributed by atoms with Crippen LogP contribution in [0.5, 0.6) is 5.75 Å². The first-order chi connectivity index (χ1) is 16.1. The number of ether oxygens (including phenoxy) is 2. The van der Waals surface area contributed by atoms with E-state index in [1.807, 2.05) is 61.5 Å². The summed E-state index contributed by atoms with van der Waals surface area (Å²) in [5, 5.41) is 5.81. The molecule has 2 aromatic rings. The number of carbonyl (C=O) groups excluding carboxylic acids is 3. The first-order valence-electron chi connectivity index (χ1n) is 11.3. The Hall–Kier alpha value is -3.55. The molecule has 0 aromatic heterocycles. The van der Waals surface area contributed by atoms with Crippen LogP contribution in [0.25, 0.3) is 0 Å². The molecule has 8 heteroatoms. The molecule has 1 heterocycles. The molecule has 176 valence electrons. The van der Waals surface area contributed by atoms with Gasteiger partial charge in [-0.05, 0) is 24.1 Å². The third kappa shape index (κ3) is 7.52. The number of carbonyl (C=O) groups is 3. The minimum absolute atomic E-state index is 0.00317. The average molecular weight is 454 g/mol. The number of rotatable bonds is 11. The molecule has 3 rings (SSSR count). The fourth-order valence-corrected chi connectivity index (χ4v) is 3.48. The molecule has 0 saturated carbocycles. The number of benzene rings is 2. The number of amides is 2. The van der Waals surface area contributed by atoms with E-state index in [2.05, 4.69) is 10.6 Å². The Kier molecular flexibility index (Phi) is 9.11. The first kappa shape index (κ1) is 24.1. The van der Waals surface area contributed by atoms with Gasteiger partial charge in [0, 0.05) is 24.8 Å². The molecule has 8 nitrogen and oxygen atoms in total. The van der Waals surface area contributed by atoms with Gasteiger partial charge < -0.3 is 25.0 Å². The van der Waals surface area contributed by atoms with Crippen LogP contribution in [-0.4, -0.2) is 55.0 Å². The summed E-state index contributed by atoms with van der Waals surface area (Å²) in [6.07, 6.45) is 1.53. The third-order valence-electron chi connectivity index (χ3n) is 5.30. The third-order valence-corrected chi connectivity index (χ3v) is 5.30. The zero-order chi connectivity index (χ0) is 23.5. The molecule has 0 bridgehead atoms. The Labute approximate surface area is 194 Å². The Balaban J connectivity index is 1.53. The fraction of sp³-hybridized carbons (Fsp3) is 0.400. The highest BCUT2D eigenvalue weighted by Gasteiger charge is 2.34. The number of hydrogen-bond acceptors (Lipinski definition) is 6. The Morgan fingerprint density at radius 1 is 1.15 bits per heavy atom. The summed E-state index contributed by atoms with van der Waals surface area (Å²) in [5.74, 6) is -0.383. The van der Waals surface area contributed by atoms with Crippen molar-refractivity contribution in [2.24, 2.45) is 0 Å². The van der Waals surface area contributed by atoms with E-state index in [1.54, 1.807) is 0 Å². The van der Waals surface area contributed by atoms with Gasteiger partial charge in [0.1, 0.15) is 18.4 Å². The van der Waals surface area contributed by atoms with Crippen LogP contribution in [0.4, 0.5) is 5.69 Å². The lowest BCUT2D eigenvalue weighted by atomic mass is 10.1. The smallest absolute Gasteiger partial charge is 0.308 e. The topological polar surface area (TPSA) is 97.0 Å². The molecule has 33 heavy (non-hydrogen) atoms. The van der Waals surface area contributed by atoms with Crippen molar-refractivity contribution in [3.63, 3.8) is 0 Å². The summed E-state index contributed by atoms with van der Waals surface area (Å²) >= 11 is 0. The number of unbranched alkanes of at least 4 members (excludes halogenated alkanes) is 1. The van der Waals surface area contributed by atoms with Crippen molar-refractivity contribution in [1.29, 1.82) is 0 Å². The van der Waals surface area contributed by atoms with Gasteiger partial charge in [0.15, 0.2) is 0 Å². The lowest BCUT2D eigenvalue weighted by Crippen LogP contribution is -2.58. The molecule has 2 N–H and O–H groups in total. The van der Waals surface area contributed by atoms with Gasteiger partial charge >= 0.3 is 5.97 Å². The van der Waals surface area contributed by atoms with Gasteiger partial charge in [-0.1, -0.05) is 49.7 Å². The highest BCUT2D eigenvalue weighted by Crippen LogP contribution is 2.19.